The lowest BCUT2D eigenvalue weighted by Gasteiger charge is -2.45. The van der Waals surface area contributed by atoms with Crippen LogP contribution in [0.25, 0.3) is 68.8 Å². The molecule has 4 aliphatic heterocycles. The fourth-order valence-corrected chi connectivity index (χ4v) is 20.7. The van der Waals surface area contributed by atoms with Gasteiger partial charge in [-0.3, -0.25) is 34.3 Å². The van der Waals surface area contributed by atoms with E-state index < -0.39 is 46.0 Å². The first-order chi connectivity index (χ1) is 56.3. The number of aromatic nitrogens is 4. The Hall–Kier alpha value is -10.8. The van der Waals surface area contributed by atoms with Gasteiger partial charge >= 0.3 is 23.9 Å². The molecule has 18 heteroatoms. The van der Waals surface area contributed by atoms with Crippen molar-refractivity contribution < 1.29 is 53.1 Å². The first kappa shape index (κ1) is 85.1. The molecule has 8 fully saturated rings. The molecule has 4 aliphatic carbocycles. The molecule has 4 saturated heterocycles. The van der Waals surface area contributed by atoms with Crippen LogP contribution in [0.15, 0.2) is 201 Å². The van der Waals surface area contributed by atoms with E-state index in [1.165, 1.54) is 16.7 Å². The Morgan fingerprint density at radius 3 is 1.17 bits per heavy atom. The Morgan fingerprint density at radius 1 is 0.407 bits per heavy atom. The monoisotopic (exact) mass is 1590 g/mol. The Balaban J connectivity index is 0.000000136. The fourth-order valence-electron chi connectivity index (χ4n) is 20.7. The van der Waals surface area contributed by atoms with Gasteiger partial charge in [-0.25, -0.2) is 9.59 Å². The van der Waals surface area contributed by atoms with Gasteiger partial charge in [-0.05, 0) is 210 Å². The number of cyclic esters (lactones) is 4. The number of rotatable bonds is 13. The SMILES string of the molecule is C[C@H]1[C@H](/C=C/c2ccc(-c3ccccc3)cn2)[C@@H]2[C@@H](C)OC(=O)[C@]2(C(N)=O)C[C@@H]1C.C[C@H]1[C@H](/C=C/c2ccc(-c3ccccc3C#N)cn2)[C@@H]2[C@@H](C)OC(=O)[C@]2(O)C[C@@H]1C.Cc1cccc(-c2ccc(/C=C/[C@H]3[C@H](C)[C@@H](C)C[C@@]4(N)C(=O)O[C@H](C)[C@@H]34)nc2)c1.Cc1cccc(-c2ccc(/C=C/[C@H]3[C@H](C)[C@@H](C)C[C@@]4(O)C(=O)O[C@H](C)[C@@H]34)nc2)c1. The topological polar surface area (TPSA) is 290 Å². The van der Waals surface area contributed by atoms with Crippen molar-refractivity contribution in [1.29, 1.82) is 5.26 Å². The third-order valence-corrected chi connectivity index (χ3v) is 27.9. The number of pyridine rings is 4. The van der Waals surface area contributed by atoms with E-state index in [0.717, 1.165) is 61.7 Å². The average Bonchev–Trinajstić information content (AvgIpc) is 1.56. The van der Waals surface area contributed by atoms with E-state index in [0.29, 0.717) is 60.8 Å². The van der Waals surface area contributed by atoms with Gasteiger partial charge in [0.05, 0.1) is 34.4 Å². The van der Waals surface area contributed by atoms with Crippen molar-refractivity contribution in [2.75, 3.05) is 0 Å². The number of esters is 4. The molecule has 0 spiro atoms. The van der Waals surface area contributed by atoms with E-state index in [1.807, 2.05) is 137 Å². The number of nitrogens with two attached hydrogens (primary N) is 2. The summed E-state index contributed by atoms with van der Waals surface area (Å²) in [5.41, 5.74) is 22.4. The van der Waals surface area contributed by atoms with Gasteiger partial charge in [0.25, 0.3) is 0 Å². The van der Waals surface area contributed by atoms with Crippen LogP contribution < -0.4 is 11.5 Å². The second-order valence-corrected chi connectivity index (χ2v) is 35.3. The average molecular weight is 1590 g/mol. The minimum absolute atomic E-state index is 0.00157. The molecule has 8 aromatic rings. The normalized spacial score (nSPS) is 33.7. The molecule has 16 rings (SSSR count). The van der Waals surface area contributed by atoms with Crippen LogP contribution in [-0.4, -0.2) is 101 Å². The summed E-state index contributed by atoms with van der Waals surface area (Å²) in [6.07, 6.45) is 24.9. The standard InChI is InChI=1S/C25H26N2O3.C25H28N2O3.C25H30N2O2.C25H29NO3/c1-15-12-25(29)23(17(3)30-24(25)28)21(16(15)2)11-10-20-9-8-19(14-27-20)22-7-5-4-6-18(22)13-26;1-15-13-25(23(26)28)22(17(3)30-24(25)29)21(16(15)2)12-11-20-10-9-19(14-27-20)18-7-5-4-6-8-18;1-15-6-5-7-19(12-15)20-8-9-21(27-14-20)10-11-22-17(3)16(2)13-25(26)23(22)18(4)29-24(25)28;1-15-6-5-7-19(12-15)20-8-9-21(26-14-20)10-11-22-17(3)16(2)13-25(28)23(22)18(4)29-24(25)27/h4-11,14-17,21,23,29H,12H2,1-3H3;4-12,14-17,21-22H,13H2,1-3H3,(H2,26,28);5-12,14,16-18,22-23H,13,26H2,1-4H3;5-12,14,16-18,22-23,28H,13H2,1-4H3/b11-10+;12-11+;2*11-10+/t15-,16+,17+,21-,23-,25-;15-,16+,17+,21-,22-,25+;2*16-,17+,18+,22-,23-,25-/m0000/s1. The van der Waals surface area contributed by atoms with Crippen LogP contribution in [0.5, 0.6) is 0 Å². The molecule has 4 aromatic heterocycles. The molecule has 614 valence electrons. The van der Waals surface area contributed by atoms with Gasteiger partial charge in [0, 0.05) is 76.3 Å². The lowest BCUT2D eigenvalue weighted by molar-refractivity contribution is -0.161. The number of primary amides is 1. The molecule has 4 aromatic carbocycles. The van der Waals surface area contributed by atoms with Crippen molar-refractivity contribution in [3.8, 4) is 50.6 Å². The highest BCUT2D eigenvalue weighted by molar-refractivity contribution is 6.04. The lowest BCUT2D eigenvalue weighted by Crippen LogP contribution is -2.58. The largest absolute Gasteiger partial charge is 0.461 e. The van der Waals surface area contributed by atoms with E-state index in [2.05, 4.69) is 198 Å². The maximum absolute atomic E-state index is 12.7. The van der Waals surface area contributed by atoms with Gasteiger partial charge in [-0.15, -0.1) is 0 Å². The summed E-state index contributed by atoms with van der Waals surface area (Å²) >= 11 is 0. The second-order valence-electron chi connectivity index (χ2n) is 35.3. The van der Waals surface area contributed by atoms with Gasteiger partial charge in [-0.1, -0.05) is 212 Å². The number of amides is 1. The van der Waals surface area contributed by atoms with Crippen molar-refractivity contribution in [1.82, 2.24) is 19.9 Å². The van der Waals surface area contributed by atoms with Crippen LogP contribution in [-0.2, 0) is 42.9 Å². The molecular weight excluding hydrogens is 1480 g/mol. The zero-order chi connectivity index (χ0) is 84.4. The molecule has 6 N–H and O–H groups in total. The summed E-state index contributed by atoms with van der Waals surface area (Å²) in [7, 11) is 0. The van der Waals surface area contributed by atoms with Crippen molar-refractivity contribution in [3.05, 3.63) is 240 Å². The molecule has 8 heterocycles. The van der Waals surface area contributed by atoms with E-state index in [9.17, 15) is 39.4 Å². The highest BCUT2D eigenvalue weighted by Gasteiger charge is 2.67. The number of aryl methyl sites for hydroxylation is 2. The smallest absolute Gasteiger partial charge is 0.338 e. The summed E-state index contributed by atoms with van der Waals surface area (Å²) in [4.78, 5) is 80.5. The summed E-state index contributed by atoms with van der Waals surface area (Å²) in [6, 6.07) is 52.7. The van der Waals surface area contributed by atoms with Gasteiger partial charge in [0.15, 0.2) is 16.6 Å². The number of nitrogens with zero attached hydrogens (tertiary/aromatic N) is 5. The minimum Gasteiger partial charge on any atom is -0.461 e. The number of fused-ring (bicyclic) bond motifs is 4. The number of allylic oxidation sites excluding steroid dienone is 4. The predicted molar refractivity (Wildman–Crippen MR) is 459 cm³/mol. The van der Waals surface area contributed by atoms with Crippen LogP contribution in [0, 0.1) is 125 Å². The summed E-state index contributed by atoms with van der Waals surface area (Å²) in [5, 5.41) is 31.4. The minimum atomic E-state index is -1.40. The highest BCUT2D eigenvalue weighted by Crippen LogP contribution is 2.58. The second kappa shape index (κ2) is 35.0. The first-order valence-electron chi connectivity index (χ1n) is 41.9. The van der Waals surface area contributed by atoms with Crippen molar-refractivity contribution in [3.63, 3.8) is 0 Å². The third-order valence-electron chi connectivity index (χ3n) is 27.9. The number of nitriles is 1. The van der Waals surface area contributed by atoms with E-state index in [-0.39, 0.29) is 95.5 Å². The van der Waals surface area contributed by atoms with Gasteiger partial charge in [0.2, 0.25) is 5.91 Å². The maximum Gasteiger partial charge on any atom is 0.338 e. The van der Waals surface area contributed by atoms with Crippen LogP contribution in [0.4, 0.5) is 0 Å². The van der Waals surface area contributed by atoms with E-state index in [4.69, 9.17) is 30.4 Å². The van der Waals surface area contributed by atoms with E-state index in [1.54, 1.807) is 12.3 Å². The molecule has 18 nitrogen and oxygen atoms in total. The molecule has 0 radical (unpaired) electrons. The van der Waals surface area contributed by atoms with Gasteiger partial charge < -0.3 is 40.6 Å². The molecule has 8 aliphatic rings. The third kappa shape index (κ3) is 16.9. The summed E-state index contributed by atoms with van der Waals surface area (Å²) < 4.78 is 21.9. The summed E-state index contributed by atoms with van der Waals surface area (Å²) in [5.74, 6) is -0.342. The molecule has 24 atom stereocenters. The Kier molecular flexibility index (Phi) is 25.2. The number of carbonyl (C=O) groups excluding carboxylic acids is 5. The van der Waals surface area contributed by atoms with Crippen LogP contribution in [0.3, 0.4) is 0 Å². The number of aliphatic hydroxyl groups is 2. The maximum atomic E-state index is 12.7. The molecule has 1 amide bonds. The molecule has 118 heavy (non-hydrogen) atoms. The lowest BCUT2D eigenvalue weighted by atomic mass is 9.54. The molecular formula is C100H113N7O11. The number of benzene rings is 4. The van der Waals surface area contributed by atoms with Crippen LogP contribution in [0.1, 0.15) is 148 Å². The fraction of sp³-hybridized carbons (Fsp3) is 0.420. The Bertz CT molecular complexity index is 4990. The van der Waals surface area contributed by atoms with Crippen molar-refractivity contribution in [2.45, 2.75) is 164 Å². The van der Waals surface area contributed by atoms with Crippen molar-refractivity contribution >= 4 is 54.1 Å². The van der Waals surface area contributed by atoms with Gasteiger partial charge in [0.1, 0.15) is 30.0 Å². The zero-order valence-corrected chi connectivity index (χ0v) is 70.2. The number of ether oxygens (including phenoxy) is 4. The van der Waals surface area contributed by atoms with Crippen LogP contribution in [0.2, 0.25) is 0 Å². The quantitative estimate of drug-likeness (QED) is 0.0474. The zero-order valence-electron chi connectivity index (χ0n) is 70.2. The first-order valence-corrected chi connectivity index (χ1v) is 41.9. The van der Waals surface area contributed by atoms with Gasteiger partial charge in [-0.2, -0.15) is 5.26 Å². The highest BCUT2D eigenvalue weighted by atomic mass is 16.6. The molecule has 0 unspecified atom stereocenters. The predicted octanol–water partition coefficient (Wildman–Crippen LogP) is 17.6. The molecule has 0 bridgehead atoms. The molecule has 4 saturated carbocycles. The van der Waals surface area contributed by atoms with E-state index >= 15 is 0 Å². The number of hydrogen-bond acceptors (Lipinski definition) is 17. The van der Waals surface area contributed by atoms with Crippen molar-refractivity contribution in [2.24, 2.45) is 112 Å². The number of carbonyl (C=O) groups is 5. The summed E-state index contributed by atoms with van der Waals surface area (Å²) in [6.45, 7) is 29.0. The van der Waals surface area contributed by atoms with Crippen LogP contribution >= 0.6 is 0 Å². The Labute approximate surface area is 694 Å². The number of hydrogen-bond donors (Lipinski definition) is 4. The Morgan fingerprint density at radius 2 is 0.754 bits per heavy atom.